The van der Waals surface area contributed by atoms with E-state index in [1.54, 1.807) is 24.3 Å². The number of rotatable bonds is 5. The van der Waals surface area contributed by atoms with Gasteiger partial charge in [0.15, 0.2) is 0 Å². The third-order valence-electron chi connectivity index (χ3n) is 3.18. The van der Waals surface area contributed by atoms with Crippen molar-refractivity contribution in [3.8, 4) is 11.5 Å². The quantitative estimate of drug-likeness (QED) is 0.362. The van der Waals surface area contributed by atoms with Crippen LogP contribution in [-0.2, 0) is 9.59 Å². The third kappa shape index (κ3) is 5.25. The Morgan fingerprint density at radius 3 is 1.46 bits per heavy atom. The van der Waals surface area contributed by atoms with Crippen molar-refractivity contribution in [2.45, 2.75) is 13.8 Å². The highest BCUT2D eigenvalue weighted by Crippen LogP contribution is 2.17. The van der Waals surface area contributed by atoms with Gasteiger partial charge < -0.3 is 9.47 Å². The zero-order valence-corrected chi connectivity index (χ0v) is 13.6. The monoisotopic (exact) mass is 322 g/mol. The van der Waals surface area contributed by atoms with Crippen molar-refractivity contribution in [2.24, 2.45) is 0 Å². The summed E-state index contributed by atoms with van der Waals surface area (Å²) in [7, 11) is 0. The topological polar surface area (TPSA) is 52.6 Å². The molecule has 0 saturated heterocycles. The molecule has 122 valence electrons. The molecule has 0 spiro atoms. The lowest BCUT2D eigenvalue weighted by Crippen LogP contribution is -2.05. The molecule has 0 bridgehead atoms. The molecule has 0 radical (unpaired) electrons. The maximum absolute atomic E-state index is 11.7. The average Bonchev–Trinajstić information content (AvgIpc) is 2.56. The van der Waals surface area contributed by atoms with E-state index >= 15 is 0 Å². The highest BCUT2D eigenvalue weighted by molar-refractivity contribution is 5.86. The van der Waals surface area contributed by atoms with Crippen LogP contribution in [0, 0.1) is 13.8 Å². The van der Waals surface area contributed by atoms with Crippen molar-refractivity contribution in [3.05, 3.63) is 84.0 Å². The summed E-state index contributed by atoms with van der Waals surface area (Å²) < 4.78 is 10.4. The van der Waals surface area contributed by atoms with Crippen molar-refractivity contribution in [3.63, 3.8) is 0 Å². The van der Waals surface area contributed by atoms with Gasteiger partial charge in [-0.15, -0.1) is 0 Å². The van der Waals surface area contributed by atoms with Gasteiger partial charge in [0.25, 0.3) is 0 Å². The Hall–Kier alpha value is -3.14. The molecule has 0 amide bonds. The molecule has 0 aliphatic carbocycles. The smallest absolute Gasteiger partial charge is 0.336 e. The van der Waals surface area contributed by atoms with Gasteiger partial charge >= 0.3 is 11.9 Å². The molecule has 2 rings (SSSR count). The fraction of sp³-hybridized carbons (Fsp3) is 0.100. The molecule has 0 atom stereocenters. The number of esters is 2. The number of aryl methyl sites for hydroxylation is 2. The van der Waals surface area contributed by atoms with Gasteiger partial charge in [-0.25, -0.2) is 9.59 Å². The summed E-state index contributed by atoms with van der Waals surface area (Å²) in [6, 6.07) is 14.5. The first-order valence-corrected chi connectivity index (χ1v) is 7.46. The molecule has 0 aliphatic rings. The SMILES string of the molecule is Cc1ccccc1OC(=O)C=CC=CC(=O)Oc1ccccc1C. The number of carbonyl (C=O) groups is 2. The standard InChI is InChI=1S/C20H18O4/c1-15-9-3-5-11-17(15)23-19(21)13-7-8-14-20(22)24-18-12-6-4-10-16(18)2/h3-14H,1-2H3. The van der Waals surface area contributed by atoms with Crippen molar-refractivity contribution in [1.82, 2.24) is 0 Å². The first kappa shape index (κ1) is 17.2. The number of carbonyl (C=O) groups excluding carboxylic acids is 2. The summed E-state index contributed by atoms with van der Waals surface area (Å²) >= 11 is 0. The molecule has 4 nitrogen and oxygen atoms in total. The van der Waals surface area contributed by atoms with E-state index in [0.717, 1.165) is 11.1 Å². The number of hydrogen-bond acceptors (Lipinski definition) is 4. The van der Waals surface area contributed by atoms with Gasteiger partial charge in [0.2, 0.25) is 0 Å². The van der Waals surface area contributed by atoms with E-state index in [2.05, 4.69) is 0 Å². The average molecular weight is 322 g/mol. The van der Waals surface area contributed by atoms with E-state index in [4.69, 9.17) is 9.47 Å². The van der Waals surface area contributed by atoms with Crippen LogP contribution in [0.1, 0.15) is 11.1 Å². The lowest BCUT2D eigenvalue weighted by molar-refractivity contribution is -0.130. The Morgan fingerprint density at radius 1 is 0.708 bits per heavy atom. The minimum absolute atomic E-state index is 0.509. The van der Waals surface area contributed by atoms with E-state index in [-0.39, 0.29) is 0 Å². The zero-order valence-electron chi connectivity index (χ0n) is 13.6. The molecule has 0 saturated carbocycles. The van der Waals surface area contributed by atoms with Gasteiger partial charge in [-0.05, 0) is 37.1 Å². The first-order chi connectivity index (χ1) is 11.6. The van der Waals surface area contributed by atoms with E-state index in [0.29, 0.717) is 11.5 Å². The molecule has 2 aromatic carbocycles. The van der Waals surface area contributed by atoms with Crippen molar-refractivity contribution in [1.29, 1.82) is 0 Å². The van der Waals surface area contributed by atoms with Gasteiger partial charge in [0.05, 0.1) is 0 Å². The second-order valence-electron chi connectivity index (χ2n) is 5.09. The molecule has 0 aromatic heterocycles. The Kier molecular flexibility index (Phi) is 6.08. The molecule has 0 fully saturated rings. The van der Waals surface area contributed by atoms with Crippen LogP contribution in [0.4, 0.5) is 0 Å². The Morgan fingerprint density at radius 2 is 1.08 bits per heavy atom. The molecular weight excluding hydrogens is 304 g/mol. The van der Waals surface area contributed by atoms with Crippen LogP contribution in [0.25, 0.3) is 0 Å². The van der Waals surface area contributed by atoms with Crippen LogP contribution in [-0.4, -0.2) is 11.9 Å². The molecule has 0 heterocycles. The van der Waals surface area contributed by atoms with E-state index < -0.39 is 11.9 Å². The largest absolute Gasteiger partial charge is 0.423 e. The van der Waals surface area contributed by atoms with Crippen molar-refractivity contribution >= 4 is 11.9 Å². The highest BCUT2D eigenvalue weighted by Gasteiger charge is 2.03. The van der Waals surface area contributed by atoms with E-state index in [1.165, 1.54) is 24.3 Å². The molecule has 2 aromatic rings. The summed E-state index contributed by atoms with van der Waals surface area (Å²) in [4.78, 5) is 23.4. The first-order valence-electron chi connectivity index (χ1n) is 7.46. The molecule has 0 N–H and O–H groups in total. The number of hydrogen-bond donors (Lipinski definition) is 0. The van der Waals surface area contributed by atoms with Gasteiger partial charge in [-0.3, -0.25) is 0 Å². The van der Waals surface area contributed by atoms with Crippen LogP contribution < -0.4 is 9.47 Å². The van der Waals surface area contributed by atoms with Crippen molar-refractivity contribution < 1.29 is 19.1 Å². The minimum Gasteiger partial charge on any atom is -0.423 e. The lowest BCUT2D eigenvalue weighted by atomic mass is 10.2. The van der Waals surface area contributed by atoms with Gasteiger partial charge in [-0.2, -0.15) is 0 Å². The normalized spacial score (nSPS) is 10.9. The molecule has 24 heavy (non-hydrogen) atoms. The summed E-state index contributed by atoms with van der Waals surface area (Å²) in [6.45, 7) is 3.71. The minimum atomic E-state index is -0.513. The Labute approximate surface area is 141 Å². The predicted molar refractivity (Wildman–Crippen MR) is 91.9 cm³/mol. The molecule has 4 heteroatoms. The van der Waals surface area contributed by atoms with Gasteiger partial charge in [0, 0.05) is 12.2 Å². The fourth-order valence-electron chi connectivity index (χ4n) is 1.89. The number of benzene rings is 2. The third-order valence-corrected chi connectivity index (χ3v) is 3.18. The van der Waals surface area contributed by atoms with Gasteiger partial charge in [-0.1, -0.05) is 48.6 Å². The van der Waals surface area contributed by atoms with Gasteiger partial charge in [0.1, 0.15) is 11.5 Å². The summed E-state index contributed by atoms with van der Waals surface area (Å²) in [5, 5.41) is 0. The summed E-state index contributed by atoms with van der Waals surface area (Å²) in [6.07, 6.45) is 5.34. The summed E-state index contributed by atoms with van der Waals surface area (Å²) in [5.41, 5.74) is 1.74. The Balaban J connectivity index is 1.85. The van der Waals surface area contributed by atoms with Crippen molar-refractivity contribution in [2.75, 3.05) is 0 Å². The second-order valence-corrected chi connectivity index (χ2v) is 5.09. The number of allylic oxidation sites excluding steroid dienone is 2. The lowest BCUT2D eigenvalue weighted by Gasteiger charge is -2.04. The molecular formula is C20H18O4. The van der Waals surface area contributed by atoms with Crippen LogP contribution in [0.5, 0.6) is 11.5 Å². The van der Waals surface area contributed by atoms with Crippen LogP contribution >= 0.6 is 0 Å². The maximum atomic E-state index is 11.7. The van der Waals surface area contributed by atoms with Crippen LogP contribution in [0.2, 0.25) is 0 Å². The number of para-hydroxylation sites is 2. The van der Waals surface area contributed by atoms with E-state index in [9.17, 15) is 9.59 Å². The second kappa shape index (κ2) is 8.48. The molecule has 0 aliphatic heterocycles. The predicted octanol–water partition coefficient (Wildman–Crippen LogP) is 3.93. The van der Waals surface area contributed by atoms with E-state index in [1.807, 2.05) is 38.1 Å². The van der Waals surface area contributed by atoms with Crippen LogP contribution in [0.15, 0.2) is 72.8 Å². The zero-order chi connectivity index (χ0) is 17.4. The maximum Gasteiger partial charge on any atom is 0.336 e. The van der Waals surface area contributed by atoms with Crippen LogP contribution in [0.3, 0.4) is 0 Å². The summed E-state index contributed by atoms with van der Waals surface area (Å²) in [5.74, 6) is -0.00683. The number of ether oxygens (including phenoxy) is 2. The Bertz CT molecular complexity index is 720. The molecule has 0 unspecified atom stereocenters. The highest BCUT2D eigenvalue weighted by atomic mass is 16.5. The fourth-order valence-corrected chi connectivity index (χ4v) is 1.89.